The van der Waals surface area contributed by atoms with Gasteiger partial charge in [0.05, 0.1) is 6.26 Å². The number of hydrogen-bond donors (Lipinski definition) is 2. The lowest BCUT2D eigenvalue weighted by Gasteiger charge is -2.21. The molecule has 0 saturated heterocycles. The molecular formula is C18H22N2O3. The Balaban J connectivity index is 1.60. The number of carbonyl (C=O) groups excluding carboxylic acids is 1. The summed E-state index contributed by atoms with van der Waals surface area (Å²) in [4.78, 5) is 27.2. The zero-order valence-corrected chi connectivity index (χ0v) is 13.4. The van der Waals surface area contributed by atoms with Gasteiger partial charge >= 0.3 is 0 Å². The molecule has 1 aliphatic carbocycles. The largest absolute Gasteiger partial charge is 0.469 e. The van der Waals surface area contributed by atoms with Crippen LogP contribution in [0.25, 0.3) is 0 Å². The number of aromatic amines is 1. The van der Waals surface area contributed by atoms with E-state index >= 15 is 0 Å². The van der Waals surface area contributed by atoms with Crippen molar-refractivity contribution in [2.45, 2.75) is 39.0 Å². The third-order valence-corrected chi connectivity index (χ3v) is 4.38. The SMILES string of the molecule is C[C@@H]1CCc2[nH]c(=O)c(C(=O)NCCCc3ccco3)cc2C1. The van der Waals surface area contributed by atoms with Crippen molar-refractivity contribution in [2.24, 2.45) is 5.92 Å². The molecule has 0 radical (unpaired) electrons. The number of hydrogen-bond acceptors (Lipinski definition) is 3. The third kappa shape index (κ3) is 3.73. The number of amides is 1. The van der Waals surface area contributed by atoms with Crippen molar-refractivity contribution in [1.29, 1.82) is 0 Å². The van der Waals surface area contributed by atoms with Gasteiger partial charge in [0.1, 0.15) is 11.3 Å². The number of nitrogens with one attached hydrogen (secondary N) is 2. The molecule has 1 amide bonds. The zero-order chi connectivity index (χ0) is 16.2. The fourth-order valence-corrected chi connectivity index (χ4v) is 3.07. The number of pyridine rings is 1. The smallest absolute Gasteiger partial charge is 0.261 e. The maximum absolute atomic E-state index is 12.2. The van der Waals surface area contributed by atoms with E-state index in [-0.39, 0.29) is 17.0 Å². The molecular weight excluding hydrogens is 292 g/mol. The van der Waals surface area contributed by atoms with Gasteiger partial charge in [0, 0.05) is 18.7 Å². The van der Waals surface area contributed by atoms with Crippen LogP contribution in [-0.4, -0.2) is 17.4 Å². The molecule has 1 aliphatic rings. The van der Waals surface area contributed by atoms with Crippen molar-refractivity contribution >= 4 is 5.91 Å². The second-order valence-corrected chi connectivity index (χ2v) is 6.30. The van der Waals surface area contributed by atoms with Crippen LogP contribution >= 0.6 is 0 Å². The topological polar surface area (TPSA) is 75.1 Å². The Bertz CT molecular complexity index is 731. The summed E-state index contributed by atoms with van der Waals surface area (Å²) in [5.74, 6) is 1.20. The first kappa shape index (κ1) is 15.6. The Hall–Kier alpha value is -2.30. The van der Waals surface area contributed by atoms with Crippen LogP contribution in [0.3, 0.4) is 0 Å². The molecule has 0 bridgehead atoms. The Morgan fingerprint density at radius 3 is 3.13 bits per heavy atom. The minimum Gasteiger partial charge on any atom is -0.469 e. The standard InChI is InChI=1S/C18H22N2O3/c1-12-6-7-16-13(10-12)11-15(18(22)20-16)17(21)19-8-2-4-14-5-3-9-23-14/h3,5,9,11-12H,2,4,6-8,10H2,1H3,(H,19,21)(H,20,22)/t12-/m1/s1. The highest BCUT2D eigenvalue weighted by molar-refractivity contribution is 5.94. The fourth-order valence-electron chi connectivity index (χ4n) is 3.07. The maximum Gasteiger partial charge on any atom is 0.261 e. The molecule has 0 saturated carbocycles. The molecule has 2 aromatic heterocycles. The van der Waals surface area contributed by atoms with E-state index in [0.717, 1.165) is 49.1 Å². The van der Waals surface area contributed by atoms with E-state index in [1.807, 2.05) is 12.1 Å². The second-order valence-electron chi connectivity index (χ2n) is 6.30. The van der Waals surface area contributed by atoms with E-state index in [0.29, 0.717) is 12.5 Å². The third-order valence-electron chi connectivity index (χ3n) is 4.38. The van der Waals surface area contributed by atoms with Crippen molar-refractivity contribution in [2.75, 3.05) is 6.54 Å². The van der Waals surface area contributed by atoms with Crippen molar-refractivity contribution in [1.82, 2.24) is 10.3 Å². The number of carbonyl (C=O) groups is 1. The van der Waals surface area contributed by atoms with Gasteiger partial charge in [-0.05, 0) is 55.4 Å². The molecule has 5 nitrogen and oxygen atoms in total. The summed E-state index contributed by atoms with van der Waals surface area (Å²) in [6.45, 7) is 2.72. The summed E-state index contributed by atoms with van der Waals surface area (Å²) in [7, 11) is 0. The van der Waals surface area contributed by atoms with Gasteiger partial charge in [0.15, 0.2) is 0 Å². The Morgan fingerprint density at radius 2 is 2.35 bits per heavy atom. The molecule has 122 valence electrons. The minimum atomic E-state index is -0.299. The van der Waals surface area contributed by atoms with E-state index in [2.05, 4.69) is 17.2 Å². The number of aryl methyl sites for hydroxylation is 2. The van der Waals surface area contributed by atoms with Crippen LogP contribution in [0, 0.1) is 5.92 Å². The van der Waals surface area contributed by atoms with E-state index < -0.39 is 0 Å². The average Bonchev–Trinajstić information content (AvgIpc) is 3.04. The van der Waals surface area contributed by atoms with Gasteiger partial charge in [0.2, 0.25) is 0 Å². The lowest BCUT2D eigenvalue weighted by molar-refractivity contribution is 0.0951. The number of furan rings is 1. The lowest BCUT2D eigenvalue weighted by Crippen LogP contribution is -2.32. The van der Waals surface area contributed by atoms with Crippen molar-refractivity contribution in [3.63, 3.8) is 0 Å². The predicted octanol–water partition coefficient (Wildman–Crippen LogP) is 2.46. The number of aromatic nitrogens is 1. The van der Waals surface area contributed by atoms with Crippen LogP contribution in [0.5, 0.6) is 0 Å². The minimum absolute atomic E-state index is 0.218. The molecule has 2 aromatic rings. The lowest BCUT2D eigenvalue weighted by atomic mass is 9.87. The Labute approximate surface area is 135 Å². The molecule has 0 unspecified atom stereocenters. The molecule has 1 atom stereocenters. The predicted molar refractivity (Wildman–Crippen MR) is 87.6 cm³/mol. The summed E-state index contributed by atoms with van der Waals surface area (Å²) in [5.41, 5.74) is 2.02. The Kier molecular flexibility index (Phi) is 4.65. The summed E-state index contributed by atoms with van der Waals surface area (Å²) in [5, 5.41) is 2.82. The van der Waals surface area contributed by atoms with Gasteiger partial charge in [-0.2, -0.15) is 0 Å². The Morgan fingerprint density at radius 1 is 1.48 bits per heavy atom. The fraction of sp³-hybridized carbons (Fsp3) is 0.444. The quantitative estimate of drug-likeness (QED) is 0.832. The summed E-state index contributed by atoms with van der Waals surface area (Å²) >= 11 is 0. The summed E-state index contributed by atoms with van der Waals surface area (Å²) in [6.07, 6.45) is 6.08. The second kappa shape index (κ2) is 6.86. The van der Waals surface area contributed by atoms with Gasteiger partial charge in [0.25, 0.3) is 11.5 Å². The van der Waals surface area contributed by atoms with Gasteiger partial charge in [-0.1, -0.05) is 6.92 Å². The van der Waals surface area contributed by atoms with E-state index in [9.17, 15) is 9.59 Å². The molecule has 5 heteroatoms. The normalized spacial score (nSPS) is 16.8. The average molecular weight is 314 g/mol. The van der Waals surface area contributed by atoms with E-state index in [1.165, 1.54) is 0 Å². The summed E-state index contributed by atoms with van der Waals surface area (Å²) < 4.78 is 5.25. The van der Waals surface area contributed by atoms with Gasteiger partial charge in [-0.3, -0.25) is 9.59 Å². The van der Waals surface area contributed by atoms with Crippen molar-refractivity contribution in [3.8, 4) is 0 Å². The molecule has 2 heterocycles. The molecule has 2 N–H and O–H groups in total. The maximum atomic E-state index is 12.2. The number of H-pyrrole nitrogens is 1. The first-order valence-electron chi connectivity index (χ1n) is 8.19. The van der Waals surface area contributed by atoms with Gasteiger partial charge in [-0.25, -0.2) is 0 Å². The van der Waals surface area contributed by atoms with E-state index in [1.54, 1.807) is 12.3 Å². The van der Waals surface area contributed by atoms with Crippen LogP contribution in [0.15, 0.2) is 33.7 Å². The van der Waals surface area contributed by atoms with Crippen molar-refractivity contribution < 1.29 is 9.21 Å². The van der Waals surface area contributed by atoms with Crippen LogP contribution < -0.4 is 10.9 Å². The molecule has 0 aliphatic heterocycles. The van der Waals surface area contributed by atoms with Crippen LogP contribution in [0.4, 0.5) is 0 Å². The highest BCUT2D eigenvalue weighted by Crippen LogP contribution is 2.23. The highest BCUT2D eigenvalue weighted by Gasteiger charge is 2.19. The van der Waals surface area contributed by atoms with Crippen LogP contribution in [0.1, 0.15) is 47.1 Å². The number of rotatable bonds is 5. The molecule has 0 aromatic carbocycles. The van der Waals surface area contributed by atoms with Gasteiger partial charge in [-0.15, -0.1) is 0 Å². The molecule has 23 heavy (non-hydrogen) atoms. The van der Waals surface area contributed by atoms with Crippen LogP contribution in [-0.2, 0) is 19.3 Å². The highest BCUT2D eigenvalue weighted by atomic mass is 16.3. The first-order valence-corrected chi connectivity index (χ1v) is 8.19. The molecule has 3 rings (SSSR count). The summed E-state index contributed by atoms with van der Waals surface area (Å²) in [6, 6.07) is 5.53. The first-order chi connectivity index (χ1) is 11.1. The van der Waals surface area contributed by atoms with Gasteiger partial charge < -0.3 is 14.7 Å². The number of fused-ring (bicyclic) bond motifs is 1. The molecule has 0 spiro atoms. The molecule has 0 fully saturated rings. The van der Waals surface area contributed by atoms with Crippen LogP contribution in [0.2, 0.25) is 0 Å². The van der Waals surface area contributed by atoms with E-state index in [4.69, 9.17) is 4.42 Å². The zero-order valence-electron chi connectivity index (χ0n) is 13.4. The monoisotopic (exact) mass is 314 g/mol. The van der Waals surface area contributed by atoms with Crippen molar-refractivity contribution in [3.05, 3.63) is 57.4 Å².